The van der Waals surface area contributed by atoms with E-state index in [1.165, 1.54) is 12.5 Å². The van der Waals surface area contributed by atoms with Crippen molar-refractivity contribution in [1.29, 1.82) is 0 Å². The van der Waals surface area contributed by atoms with E-state index in [1.54, 1.807) is 0 Å². The smallest absolute Gasteiger partial charge is 0.316 e. The molecule has 0 unspecified atom stereocenters. The van der Waals surface area contributed by atoms with Crippen LogP contribution in [0.4, 0.5) is 0 Å². The first-order valence-electron chi connectivity index (χ1n) is 3.39. The molecule has 0 atom stereocenters. The van der Waals surface area contributed by atoms with Gasteiger partial charge in [-0.1, -0.05) is 5.16 Å². The van der Waals surface area contributed by atoms with Crippen molar-refractivity contribution in [1.82, 2.24) is 20.1 Å². The van der Waals surface area contributed by atoms with Crippen LogP contribution < -0.4 is 5.73 Å². The molecule has 2 rings (SSSR count). The second-order valence-electron chi connectivity index (χ2n) is 2.25. The third-order valence-electron chi connectivity index (χ3n) is 1.38. The van der Waals surface area contributed by atoms with Gasteiger partial charge in [0.15, 0.2) is 0 Å². The molecule has 0 aliphatic carbocycles. The number of carbonyl (C=O) groups excluding carboxylic acids is 1. The summed E-state index contributed by atoms with van der Waals surface area (Å²) >= 11 is 0. The van der Waals surface area contributed by atoms with E-state index in [2.05, 4.69) is 24.6 Å². The van der Waals surface area contributed by atoms with E-state index in [9.17, 15) is 4.79 Å². The number of primary amides is 1. The highest BCUT2D eigenvalue weighted by atomic mass is 16.5. The van der Waals surface area contributed by atoms with Gasteiger partial charge >= 0.3 is 11.8 Å². The Kier molecular flexibility index (Phi) is 1.55. The number of hydrogen-bond donors (Lipinski definition) is 2. The highest BCUT2D eigenvalue weighted by molar-refractivity contribution is 5.88. The van der Waals surface area contributed by atoms with Gasteiger partial charge in [0.05, 0.1) is 12.5 Å². The first kappa shape index (κ1) is 7.47. The molecule has 0 spiro atoms. The Bertz CT molecular complexity index is 418. The van der Waals surface area contributed by atoms with Crippen molar-refractivity contribution in [3.8, 4) is 11.5 Å². The normalized spacial score (nSPS) is 10.2. The third-order valence-corrected chi connectivity index (χ3v) is 1.38. The van der Waals surface area contributed by atoms with Gasteiger partial charge in [-0.05, 0) is 0 Å². The number of amides is 1. The van der Waals surface area contributed by atoms with Crippen LogP contribution in [0.3, 0.4) is 0 Å². The van der Waals surface area contributed by atoms with Crippen LogP contribution in [-0.2, 0) is 0 Å². The number of aromatic amines is 1. The van der Waals surface area contributed by atoms with Crippen LogP contribution in [0.25, 0.3) is 11.5 Å². The summed E-state index contributed by atoms with van der Waals surface area (Å²) in [5.74, 6) is -0.714. The first-order chi connectivity index (χ1) is 6.27. The van der Waals surface area contributed by atoms with Crippen LogP contribution in [0, 0.1) is 0 Å². The van der Waals surface area contributed by atoms with Crippen molar-refractivity contribution in [3.63, 3.8) is 0 Å². The molecule has 0 radical (unpaired) electrons. The molecule has 0 fully saturated rings. The van der Waals surface area contributed by atoms with Crippen LogP contribution in [0.2, 0.25) is 0 Å². The zero-order valence-electron chi connectivity index (χ0n) is 6.39. The minimum Gasteiger partial charge on any atom is -0.361 e. The lowest BCUT2D eigenvalue weighted by atomic mass is 10.4. The molecule has 0 aromatic carbocycles. The van der Waals surface area contributed by atoms with Gasteiger partial charge in [0.1, 0.15) is 5.69 Å². The molecular formula is C6H5N5O2. The minimum atomic E-state index is -0.752. The quantitative estimate of drug-likeness (QED) is 0.649. The lowest BCUT2D eigenvalue weighted by Gasteiger charge is -1.81. The molecule has 7 nitrogen and oxygen atoms in total. The van der Waals surface area contributed by atoms with Gasteiger partial charge in [0, 0.05) is 0 Å². The van der Waals surface area contributed by atoms with Crippen LogP contribution in [0.15, 0.2) is 17.0 Å². The monoisotopic (exact) mass is 179 g/mol. The van der Waals surface area contributed by atoms with Crippen LogP contribution in [0.5, 0.6) is 0 Å². The van der Waals surface area contributed by atoms with Crippen LogP contribution >= 0.6 is 0 Å². The standard InChI is InChI=1S/C6H5N5O2/c7-4(12)6-10-5(11-13-6)3-1-8-2-9-3/h1-2H,(H2,7,12)(H,8,9). The van der Waals surface area contributed by atoms with Crippen LogP contribution in [0.1, 0.15) is 10.7 Å². The van der Waals surface area contributed by atoms with Gasteiger partial charge in [0.2, 0.25) is 5.82 Å². The topological polar surface area (TPSA) is 111 Å². The van der Waals surface area contributed by atoms with E-state index >= 15 is 0 Å². The van der Waals surface area contributed by atoms with Crippen molar-refractivity contribution in [2.75, 3.05) is 0 Å². The predicted molar refractivity (Wildman–Crippen MR) is 40.4 cm³/mol. The highest BCUT2D eigenvalue weighted by Gasteiger charge is 2.12. The summed E-state index contributed by atoms with van der Waals surface area (Å²) in [5.41, 5.74) is 5.49. The SMILES string of the molecule is NC(=O)c1nc(-c2cnc[nH]2)no1. The van der Waals surface area contributed by atoms with Gasteiger partial charge in [0.25, 0.3) is 0 Å². The number of carbonyl (C=O) groups is 1. The summed E-state index contributed by atoms with van der Waals surface area (Å²) in [6, 6.07) is 0. The summed E-state index contributed by atoms with van der Waals surface area (Å²) in [6.07, 6.45) is 2.98. The highest BCUT2D eigenvalue weighted by Crippen LogP contribution is 2.10. The van der Waals surface area contributed by atoms with Gasteiger partial charge in [-0.25, -0.2) is 4.98 Å². The lowest BCUT2D eigenvalue weighted by Crippen LogP contribution is -2.10. The molecule has 0 saturated heterocycles. The number of imidazole rings is 1. The van der Waals surface area contributed by atoms with E-state index in [1.807, 2.05) is 0 Å². The van der Waals surface area contributed by atoms with E-state index < -0.39 is 5.91 Å². The largest absolute Gasteiger partial charge is 0.361 e. The number of nitrogens with two attached hydrogens (primary N) is 1. The maximum atomic E-state index is 10.6. The first-order valence-corrected chi connectivity index (χ1v) is 3.39. The average molecular weight is 179 g/mol. The van der Waals surface area contributed by atoms with E-state index in [0.717, 1.165) is 0 Å². The molecule has 2 aromatic heterocycles. The zero-order valence-corrected chi connectivity index (χ0v) is 6.39. The third kappa shape index (κ3) is 1.26. The molecular weight excluding hydrogens is 174 g/mol. The predicted octanol–water partition coefficient (Wildman–Crippen LogP) is -0.441. The Morgan fingerprint density at radius 2 is 2.46 bits per heavy atom. The molecule has 0 aliphatic heterocycles. The molecule has 2 heterocycles. The average Bonchev–Trinajstić information content (AvgIpc) is 2.75. The fourth-order valence-corrected chi connectivity index (χ4v) is 0.811. The molecule has 66 valence electrons. The molecule has 7 heteroatoms. The zero-order chi connectivity index (χ0) is 9.26. The fourth-order valence-electron chi connectivity index (χ4n) is 0.811. The molecule has 0 saturated carbocycles. The second-order valence-corrected chi connectivity index (χ2v) is 2.25. The number of rotatable bonds is 2. The molecule has 2 aromatic rings. The molecule has 0 aliphatic rings. The fraction of sp³-hybridized carbons (Fsp3) is 0. The molecule has 0 bridgehead atoms. The Morgan fingerprint density at radius 3 is 3.00 bits per heavy atom. The number of nitrogens with zero attached hydrogens (tertiary/aromatic N) is 3. The lowest BCUT2D eigenvalue weighted by molar-refractivity contribution is 0.0958. The Balaban J connectivity index is 2.39. The Labute approximate surface area is 72.0 Å². The van der Waals surface area contributed by atoms with E-state index in [0.29, 0.717) is 5.69 Å². The van der Waals surface area contributed by atoms with Crippen molar-refractivity contribution < 1.29 is 9.32 Å². The van der Waals surface area contributed by atoms with Gasteiger partial charge in [-0.15, -0.1) is 0 Å². The van der Waals surface area contributed by atoms with Crippen LogP contribution in [-0.4, -0.2) is 26.0 Å². The number of nitrogens with one attached hydrogen (secondary N) is 1. The Morgan fingerprint density at radius 1 is 1.62 bits per heavy atom. The summed E-state index contributed by atoms with van der Waals surface area (Å²) in [5, 5.41) is 3.52. The number of H-pyrrole nitrogens is 1. The molecule has 13 heavy (non-hydrogen) atoms. The second kappa shape index (κ2) is 2.70. The Hall–Kier alpha value is -2.18. The van der Waals surface area contributed by atoms with Crippen molar-refractivity contribution in [2.45, 2.75) is 0 Å². The summed E-state index contributed by atoms with van der Waals surface area (Å²) in [4.78, 5) is 20.8. The summed E-state index contributed by atoms with van der Waals surface area (Å²) in [7, 11) is 0. The minimum absolute atomic E-state index is 0.218. The maximum absolute atomic E-state index is 10.6. The van der Waals surface area contributed by atoms with Crippen molar-refractivity contribution in [3.05, 3.63) is 18.4 Å². The van der Waals surface area contributed by atoms with Gasteiger partial charge < -0.3 is 15.2 Å². The summed E-state index contributed by atoms with van der Waals surface area (Å²) in [6.45, 7) is 0. The molecule has 1 amide bonds. The van der Waals surface area contributed by atoms with E-state index in [4.69, 9.17) is 5.73 Å². The van der Waals surface area contributed by atoms with Gasteiger partial charge in [-0.2, -0.15) is 4.98 Å². The van der Waals surface area contributed by atoms with Crippen molar-refractivity contribution in [2.24, 2.45) is 5.73 Å². The van der Waals surface area contributed by atoms with Crippen molar-refractivity contribution >= 4 is 5.91 Å². The van der Waals surface area contributed by atoms with Gasteiger partial charge in [-0.3, -0.25) is 4.79 Å². The number of hydrogen-bond acceptors (Lipinski definition) is 5. The summed E-state index contributed by atoms with van der Waals surface area (Å²) < 4.78 is 4.57. The molecule has 3 N–H and O–H groups in total. The number of aromatic nitrogens is 4. The van der Waals surface area contributed by atoms with E-state index in [-0.39, 0.29) is 11.7 Å². The maximum Gasteiger partial charge on any atom is 0.316 e.